The smallest absolute Gasteiger partial charge is 0.234 e. The molecule has 2 aromatic carbocycles. The zero-order valence-corrected chi connectivity index (χ0v) is 45.3. The molecule has 0 radical (unpaired) electrons. The van der Waals surface area contributed by atoms with Crippen molar-refractivity contribution in [2.24, 2.45) is 0 Å². The fourth-order valence-electron chi connectivity index (χ4n) is 8.12. The minimum absolute atomic E-state index is 0.0304. The summed E-state index contributed by atoms with van der Waals surface area (Å²) < 4.78 is 15.7. The van der Waals surface area contributed by atoms with Gasteiger partial charge in [-0.05, 0) is 79.3 Å². The molecule has 13 nitrogen and oxygen atoms in total. The number of aliphatic hydroxyl groups is 1. The first kappa shape index (κ1) is 52.3. The van der Waals surface area contributed by atoms with Crippen LogP contribution in [0.1, 0.15) is 144 Å². The maximum atomic E-state index is 13.4. The number of carbonyl (C=O) groups is 2. The van der Waals surface area contributed by atoms with E-state index in [1.807, 2.05) is 63.9 Å². The van der Waals surface area contributed by atoms with Gasteiger partial charge in [0.15, 0.2) is 0 Å². The van der Waals surface area contributed by atoms with Gasteiger partial charge in [-0.2, -0.15) is 0 Å². The highest BCUT2D eigenvalue weighted by atomic mass is 32.1. The molecule has 0 amide bonds. The Morgan fingerprint density at radius 3 is 1.44 bits per heavy atom. The third-order valence-corrected chi connectivity index (χ3v) is 15.2. The van der Waals surface area contributed by atoms with Crippen molar-refractivity contribution < 1.29 is 24.2 Å². The SMILES string of the molecule is CN(CCOCc1cn(Cc2cc(C(C)(C)C)cc(C(C)(C)C)c2)nn1)c1ccc(C2=C(O)C(c3ccc(N(C)CCOCc4cn(Cc5cc(C(C)(C)C)cc(C(C)(C)C)c5)nn4)s3)C(=O)C2=O)s1. The average molecular weight is 989 g/mol. The van der Waals surface area contributed by atoms with Crippen LogP contribution >= 0.6 is 22.7 Å². The molecule has 0 saturated heterocycles. The van der Waals surface area contributed by atoms with Crippen LogP contribution in [0.4, 0.5) is 10.0 Å². The van der Waals surface area contributed by atoms with Gasteiger partial charge in [-0.15, -0.1) is 32.9 Å². The third kappa shape index (κ3) is 12.7. The molecule has 1 aliphatic rings. The molecule has 0 bridgehead atoms. The predicted molar refractivity (Wildman–Crippen MR) is 283 cm³/mol. The molecule has 0 fully saturated rings. The van der Waals surface area contributed by atoms with Crippen molar-refractivity contribution >= 4 is 49.8 Å². The summed E-state index contributed by atoms with van der Waals surface area (Å²) >= 11 is 2.74. The largest absolute Gasteiger partial charge is 0.510 e. The number of thiophene rings is 2. The van der Waals surface area contributed by atoms with E-state index in [2.05, 4.69) is 140 Å². The first-order valence-electron chi connectivity index (χ1n) is 24.1. The molecule has 374 valence electrons. The molecule has 6 aromatic rings. The number of hydrogen-bond acceptors (Lipinski definition) is 13. The predicted octanol–water partition coefficient (Wildman–Crippen LogP) is 10.8. The van der Waals surface area contributed by atoms with E-state index in [-0.39, 0.29) is 33.0 Å². The number of rotatable bonds is 18. The zero-order chi connectivity index (χ0) is 50.9. The highest BCUT2D eigenvalue weighted by Crippen LogP contribution is 2.44. The van der Waals surface area contributed by atoms with Crippen LogP contribution in [0.15, 0.2) is 78.8 Å². The van der Waals surface area contributed by atoms with E-state index in [4.69, 9.17) is 9.47 Å². The van der Waals surface area contributed by atoms with E-state index >= 15 is 0 Å². The number of carbonyl (C=O) groups excluding carboxylic acids is 2. The van der Waals surface area contributed by atoms with Gasteiger partial charge < -0.3 is 24.4 Å². The van der Waals surface area contributed by atoms with Crippen molar-refractivity contribution in [3.05, 3.63) is 133 Å². The first-order valence-corrected chi connectivity index (χ1v) is 25.7. The molecule has 0 spiro atoms. The van der Waals surface area contributed by atoms with Gasteiger partial charge in [0.05, 0.1) is 67.5 Å². The van der Waals surface area contributed by atoms with Crippen LogP contribution in [-0.4, -0.2) is 87.1 Å². The zero-order valence-electron chi connectivity index (χ0n) is 43.6. The van der Waals surface area contributed by atoms with Crippen LogP contribution in [0.3, 0.4) is 0 Å². The lowest BCUT2D eigenvalue weighted by molar-refractivity contribution is -0.133. The summed E-state index contributed by atoms with van der Waals surface area (Å²) in [5.41, 5.74) is 9.29. The van der Waals surface area contributed by atoms with Crippen LogP contribution in [0.5, 0.6) is 0 Å². The van der Waals surface area contributed by atoms with Crippen molar-refractivity contribution in [3.63, 3.8) is 0 Å². The van der Waals surface area contributed by atoms with Crippen LogP contribution in [0.2, 0.25) is 0 Å². The van der Waals surface area contributed by atoms with E-state index in [0.29, 0.717) is 62.4 Å². The second-order valence-electron chi connectivity index (χ2n) is 22.8. The molecular formula is C55H72N8O5S2. The summed E-state index contributed by atoms with van der Waals surface area (Å²) in [6.07, 6.45) is 3.87. The van der Waals surface area contributed by atoms with Crippen molar-refractivity contribution in [3.8, 4) is 0 Å². The second kappa shape index (κ2) is 20.7. The van der Waals surface area contributed by atoms with Gasteiger partial charge in [-0.1, -0.05) is 130 Å². The van der Waals surface area contributed by atoms with E-state index in [9.17, 15) is 14.7 Å². The number of aliphatic hydroxyl groups excluding tert-OH is 1. The molecule has 7 rings (SSSR count). The first-order chi connectivity index (χ1) is 32.7. The lowest BCUT2D eigenvalue weighted by Gasteiger charge is -2.26. The van der Waals surface area contributed by atoms with E-state index in [1.165, 1.54) is 56.1 Å². The lowest BCUT2D eigenvalue weighted by Crippen LogP contribution is -2.21. The summed E-state index contributed by atoms with van der Waals surface area (Å²) in [5, 5.41) is 30.7. The van der Waals surface area contributed by atoms with Crippen molar-refractivity contribution in [2.45, 2.75) is 137 Å². The summed E-state index contributed by atoms with van der Waals surface area (Å²) in [4.78, 5) is 32.1. The minimum Gasteiger partial charge on any atom is -0.510 e. The van der Waals surface area contributed by atoms with Gasteiger partial charge >= 0.3 is 0 Å². The summed E-state index contributed by atoms with van der Waals surface area (Å²) in [6.45, 7) is 30.8. The fourth-order valence-corrected chi connectivity index (χ4v) is 10.3. The van der Waals surface area contributed by atoms with Crippen LogP contribution in [0, 0.1) is 0 Å². The molecular weight excluding hydrogens is 917 g/mol. The van der Waals surface area contributed by atoms with Crippen LogP contribution < -0.4 is 9.80 Å². The molecule has 70 heavy (non-hydrogen) atoms. The third-order valence-electron chi connectivity index (χ3n) is 12.7. The Morgan fingerprint density at radius 1 is 0.600 bits per heavy atom. The van der Waals surface area contributed by atoms with Gasteiger partial charge in [0.25, 0.3) is 0 Å². The number of ketones is 2. The Balaban J connectivity index is 0.879. The number of allylic oxidation sites excluding steroid dienone is 2. The van der Waals surface area contributed by atoms with Gasteiger partial charge in [-0.3, -0.25) is 9.59 Å². The average Bonchev–Trinajstić information content (AvgIpc) is 4.13. The molecule has 4 heterocycles. The summed E-state index contributed by atoms with van der Waals surface area (Å²) in [7, 11) is 3.90. The van der Waals surface area contributed by atoms with Gasteiger partial charge in [0.2, 0.25) is 11.6 Å². The number of aromatic nitrogens is 6. The van der Waals surface area contributed by atoms with Gasteiger partial charge in [0.1, 0.15) is 23.1 Å². The van der Waals surface area contributed by atoms with Gasteiger partial charge in [-0.25, -0.2) is 9.36 Å². The fraction of sp³-hybridized carbons (Fsp3) is 0.491. The Hall–Kier alpha value is -5.48. The lowest BCUT2D eigenvalue weighted by atomic mass is 9.79. The summed E-state index contributed by atoms with van der Waals surface area (Å²) in [5.74, 6) is -2.54. The Bertz CT molecular complexity index is 2780. The van der Waals surface area contributed by atoms with Crippen molar-refractivity contribution in [2.75, 3.05) is 50.2 Å². The normalized spacial score (nSPS) is 14.9. The van der Waals surface area contributed by atoms with Crippen LogP contribution in [0.25, 0.3) is 5.57 Å². The molecule has 4 aromatic heterocycles. The summed E-state index contributed by atoms with van der Waals surface area (Å²) in [6, 6.07) is 21.1. The standard InChI is InChI=1S/C55H72N8O5S2/c1-52(2,3)37-23-35(24-38(27-37)53(4,5)6)29-62-31-41(56-58-62)33-67-21-19-60(13)45-17-15-43(69-45)47-49(64)48(51(66)50(47)65)44-16-18-46(70-44)61(14)20-22-68-34-42-32-63(59-57-42)30-36-25-39(54(7,8)9)28-40(26-36)55(10,11)12/h15-18,23-28,31-32,47,64H,19-22,29-30,33-34H2,1-14H3. The monoisotopic (exact) mass is 989 g/mol. The van der Waals surface area contributed by atoms with E-state index in [1.54, 1.807) is 6.07 Å². The highest BCUT2D eigenvalue weighted by Gasteiger charge is 2.44. The number of benzene rings is 2. The Labute approximate surface area is 422 Å². The molecule has 1 aliphatic carbocycles. The molecule has 1 atom stereocenters. The number of Topliss-reactive ketones (excluding diaryl/α,β-unsaturated/α-hetero) is 2. The quantitative estimate of drug-likeness (QED) is 0.0650. The second-order valence-corrected chi connectivity index (χ2v) is 25.0. The molecule has 1 unspecified atom stereocenters. The van der Waals surface area contributed by atoms with Crippen molar-refractivity contribution in [1.82, 2.24) is 30.0 Å². The Kier molecular flexibility index (Phi) is 15.5. The molecule has 15 heteroatoms. The Morgan fingerprint density at radius 2 is 1.01 bits per heavy atom. The van der Waals surface area contributed by atoms with E-state index in [0.717, 1.165) is 21.4 Å². The maximum absolute atomic E-state index is 13.4. The minimum atomic E-state index is -1.03. The maximum Gasteiger partial charge on any atom is 0.234 e. The number of hydrogen-bond donors (Lipinski definition) is 1. The molecule has 0 saturated carbocycles. The highest BCUT2D eigenvalue weighted by molar-refractivity contribution is 7.18. The van der Waals surface area contributed by atoms with Crippen molar-refractivity contribution in [1.29, 1.82) is 0 Å². The molecule has 1 N–H and O–H groups in total. The number of anilines is 2. The van der Waals surface area contributed by atoms with Gasteiger partial charge in [0, 0.05) is 36.9 Å². The number of likely N-dealkylation sites (N-methyl/N-ethyl adjacent to an activating group) is 2. The van der Waals surface area contributed by atoms with E-state index < -0.39 is 17.5 Å². The topological polar surface area (TPSA) is 141 Å². The number of ether oxygens (including phenoxy) is 2. The van der Waals surface area contributed by atoms with Crippen LogP contribution in [-0.2, 0) is 67.0 Å². The molecule has 0 aliphatic heterocycles. The number of nitrogens with zero attached hydrogens (tertiary/aromatic N) is 8.